The third kappa shape index (κ3) is 24.8. The van der Waals surface area contributed by atoms with Crippen LogP contribution in [0.25, 0.3) is 22.5 Å². The van der Waals surface area contributed by atoms with Crippen LogP contribution in [0.15, 0.2) is 118 Å². The zero-order valence-corrected chi connectivity index (χ0v) is 70.9. The summed E-state index contributed by atoms with van der Waals surface area (Å²) in [6.45, 7) is 18.1. The molecule has 4 aliphatic heterocycles. The lowest BCUT2D eigenvalue weighted by atomic mass is 9.82. The fourth-order valence-corrected chi connectivity index (χ4v) is 12.6. The second-order valence-corrected chi connectivity index (χ2v) is 31.0. The lowest BCUT2D eigenvalue weighted by Gasteiger charge is -2.37. The van der Waals surface area contributed by atoms with E-state index >= 15 is 0 Å². The summed E-state index contributed by atoms with van der Waals surface area (Å²) in [5, 5.41) is 27.1. The van der Waals surface area contributed by atoms with Crippen LogP contribution in [0.2, 0.25) is 30.8 Å². The first-order valence-electron chi connectivity index (χ1n) is 36.0. The summed E-state index contributed by atoms with van der Waals surface area (Å²) in [6, 6.07) is 8.30. The number of benzene rings is 2. The molecule has 13 rings (SSSR count). The number of aromatic amines is 1. The van der Waals surface area contributed by atoms with E-state index in [2.05, 4.69) is 132 Å². The number of nitrogen functional groups attached to an aromatic ring is 1. The first-order chi connectivity index (χ1) is 55.1. The van der Waals surface area contributed by atoms with Gasteiger partial charge in [-0.2, -0.15) is 46.7 Å². The number of aromatic nitrogens is 14. The van der Waals surface area contributed by atoms with Gasteiger partial charge in [-0.3, -0.25) is 14.7 Å². The van der Waals surface area contributed by atoms with Crippen molar-refractivity contribution in [3.63, 3.8) is 0 Å². The lowest BCUT2D eigenvalue weighted by Crippen LogP contribution is -2.42. The Balaban J connectivity index is 0.000000186. The van der Waals surface area contributed by atoms with E-state index < -0.39 is 38.0 Å². The number of carbonyl (C=O) groups is 2. The molecule has 4 fully saturated rings. The highest BCUT2D eigenvalue weighted by atomic mass is 35.5. The van der Waals surface area contributed by atoms with Crippen molar-refractivity contribution in [2.45, 2.75) is 135 Å². The number of anilines is 7. The minimum Gasteiger partial charge on any atom is -0.495 e. The predicted octanol–water partition coefficient (Wildman–Crippen LogP) is 14.5. The number of alkyl halides is 6. The lowest BCUT2D eigenvalue weighted by molar-refractivity contribution is -0.112. The topological polar surface area (TPSA) is 324 Å². The van der Waals surface area contributed by atoms with E-state index in [1.54, 1.807) is 31.6 Å². The van der Waals surface area contributed by atoms with E-state index in [0.717, 1.165) is 81.1 Å². The number of ether oxygens (including phenoxy) is 2. The van der Waals surface area contributed by atoms with Crippen LogP contribution in [0.3, 0.4) is 0 Å². The normalized spacial score (nSPS) is 16.1. The molecule has 0 saturated carbocycles. The van der Waals surface area contributed by atoms with Crippen LogP contribution in [0.5, 0.6) is 11.5 Å². The highest BCUT2D eigenvalue weighted by Gasteiger charge is 2.53. The van der Waals surface area contributed by atoms with Crippen LogP contribution in [0.4, 0.5) is 66.4 Å². The molecule has 4 saturated heterocycles. The molecule has 2 amide bonds. The highest BCUT2D eigenvalue weighted by Crippen LogP contribution is 2.43. The minimum atomic E-state index is -2.79. The molecule has 630 valence electrons. The molecular weight excluding hydrogens is 1660 g/mol. The summed E-state index contributed by atoms with van der Waals surface area (Å²) in [6.07, 6.45) is 21.5. The largest absolute Gasteiger partial charge is 0.498 e. The Morgan fingerprint density at radius 3 is 1.37 bits per heavy atom. The number of H-pyrrole nitrogens is 1. The maximum atomic E-state index is 13.0. The Labute approximate surface area is 703 Å². The van der Waals surface area contributed by atoms with Crippen molar-refractivity contribution in [1.82, 2.24) is 79.2 Å². The average molecular weight is 1750 g/mol. The second-order valence-electron chi connectivity index (χ2n) is 28.8. The van der Waals surface area contributed by atoms with Crippen molar-refractivity contribution in [3.8, 4) is 34.0 Å². The van der Waals surface area contributed by atoms with Crippen LogP contribution in [0.1, 0.15) is 101 Å². The zero-order valence-electron chi connectivity index (χ0n) is 66.4. The number of hydrogen-bond acceptors (Lipinski definition) is 24. The van der Waals surface area contributed by atoms with Crippen molar-refractivity contribution in [1.29, 1.82) is 0 Å². The quantitative estimate of drug-likeness (QED) is 0.0125. The maximum Gasteiger partial charge on any atom is 0.498 e. The maximum absolute atomic E-state index is 13.0. The average Bonchev–Trinajstić information content (AvgIpc) is 1.68. The van der Waals surface area contributed by atoms with Crippen LogP contribution < -0.4 is 51.9 Å². The first-order valence-corrected chi connectivity index (χ1v) is 38.2. The fourth-order valence-electron chi connectivity index (χ4n) is 11.6. The first kappa shape index (κ1) is 93.4. The van der Waals surface area contributed by atoms with Crippen LogP contribution in [-0.2, 0) is 28.2 Å². The van der Waals surface area contributed by atoms with Gasteiger partial charge in [-0.05, 0) is 157 Å². The molecule has 0 bridgehead atoms. The third-order valence-electron chi connectivity index (χ3n) is 19.5. The smallest absolute Gasteiger partial charge is 0.495 e. The molecule has 7 aromatic heterocycles. The molecule has 11 heterocycles. The van der Waals surface area contributed by atoms with E-state index in [4.69, 9.17) is 103 Å². The summed E-state index contributed by atoms with van der Waals surface area (Å²) in [4.78, 5) is 56.2. The van der Waals surface area contributed by atoms with Gasteiger partial charge in [-0.1, -0.05) is 59.6 Å². The number of methoxy groups -OCH3 is 2. The van der Waals surface area contributed by atoms with Crippen molar-refractivity contribution in [3.05, 3.63) is 149 Å². The summed E-state index contributed by atoms with van der Waals surface area (Å²) in [5.41, 5.74) is 11.0. The van der Waals surface area contributed by atoms with Gasteiger partial charge in [0.25, 0.3) is 0 Å². The Morgan fingerprint density at radius 1 is 0.556 bits per heavy atom. The van der Waals surface area contributed by atoms with Gasteiger partial charge in [-0.15, -0.1) is 0 Å². The second kappa shape index (κ2) is 41.1. The Hall–Kier alpha value is -9.05. The van der Waals surface area contributed by atoms with E-state index in [0.29, 0.717) is 82.0 Å². The summed E-state index contributed by atoms with van der Waals surface area (Å²) in [7, 11) is 10.6. The Morgan fingerprint density at radius 2 is 0.966 bits per heavy atom. The van der Waals surface area contributed by atoms with Crippen LogP contribution >= 0.6 is 69.6 Å². The number of nitrogens with zero attached hydrogens (tertiary/aromatic N) is 17. The van der Waals surface area contributed by atoms with Gasteiger partial charge in [0, 0.05) is 110 Å². The van der Waals surface area contributed by atoms with Gasteiger partial charge in [0.2, 0.25) is 28.3 Å². The molecule has 0 atom stereocenters. The number of nitrogens with one attached hydrogen (secondary N) is 4. The summed E-state index contributed by atoms with van der Waals surface area (Å²) in [5.74, 6) is 0.655. The molecule has 6 N–H and O–H groups in total. The van der Waals surface area contributed by atoms with Gasteiger partial charge in [0.15, 0.2) is 5.15 Å². The molecule has 0 aliphatic carbocycles. The number of carbonyl (C=O) groups excluding carboxylic acids is 2. The van der Waals surface area contributed by atoms with Crippen LogP contribution in [0, 0.1) is 0 Å². The number of piperidine rings is 2. The van der Waals surface area contributed by atoms with Crippen molar-refractivity contribution < 1.29 is 64.0 Å². The Kier molecular flexibility index (Phi) is 32.8. The summed E-state index contributed by atoms with van der Waals surface area (Å²) >= 11 is 33.9. The zero-order chi connectivity index (χ0) is 86.2. The van der Waals surface area contributed by atoms with E-state index in [-0.39, 0.29) is 73.2 Å². The molecule has 4 aliphatic rings. The number of amides is 2. The van der Waals surface area contributed by atoms with Gasteiger partial charge >= 0.3 is 33.9 Å². The number of hydrogen-bond donors (Lipinski definition) is 5. The van der Waals surface area contributed by atoms with Gasteiger partial charge in [0.05, 0.1) is 128 Å². The van der Waals surface area contributed by atoms with Crippen molar-refractivity contribution in [2.24, 2.45) is 0 Å². The molecule has 9 aromatic rings. The van der Waals surface area contributed by atoms with Crippen molar-refractivity contribution in [2.75, 3.05) is 100 Å². The molecule has 0 unspecified atom stereocenters. The van der Waals surface area contributed by atoms with E-state index in [1.165, 1.54) is 62.6 Å². The SMILES string of the molecule is C=CC(=O)Nc1cc(N)c(OC)cc1N1CCC(N(C)C)CC1.C=CC(=O)Nc1cc(Nc2ncc(Cl)c(-c3cnn(C(F)F)c3)n2)c(OC)cc1N1CCC(N(C)C)CC1.CC1(C)OB(c2cn[nH]c2)OC1(C)C.CC1(C)OB(c2cnn(C(F)F)c2)OC1(C)C.Clc1ncc(Cl)c(Cl)n1.FC(F)n1cc(-c2nc(Cl)ncc2Cl)cn1. The molecule has 0 radical (unpaired) electrons. The highest BCUT2D eigenvalue weighted by molar-refractivity contribution is 6.62. The molecule has 2 aromatic carbocycles. The van der Waals surface area contributed by atoms with Crippen LogP contribution in [-0.4, -0.2) is 208 Å². The van der Waals surface area contributed by atoms with E-state index in [9.17, 15) is 35.9 Å². The molecule has 44 heteroatoms. The third-order valence-corrected chi connectivity index (χ3v) is 21.1. The fraction of sp³-hybridized carbons (Fsp3) is 0.425. The molecule has 0 spiro atoms. The molecule has 30 nitrogen and oxygen atoms in total. The van der Waals surface area contributed by atoms with Gasteiger partial charge in [-0.25, -0.2) is 43.9 Å². The Bertz CT molecular complexity index is 4800. The number of rotatable bonds is 19. The standard InChI is InChI=1S/C25H29ClF2N8O2.C17H26N4O2.C10H15BF2N2O2.C9H15BN2O2.C8H4Cl2F2N4.C4HCl3N2/c1-5-22(37)31-18-10-19(21(38-4)11-20(18)35-8-6-16(7-9-35)34(2)3)32-25-29-13-17(26)23(33-25)15-12-30-36(14-15)24(27)28;1-5-17(22)19-14-10-13(18)16(23-4)11-15(14)21-8-6-12(7-9-21)20(2)3;1-9(2)10(3,4)17-11(16-9)7-5-14-15(6-7)8(12)13;1-8(2)9(3,4)14-10(13-8)7-5-11-12-6-7;9-5-2-13-7(10)15-6(5)4-1-14-16(3-4)8(11)12;5-2-1-8-4(7)9-3(2)6/h5,10-14,16,24H,1,6-9H2,2-4H3,(H,31,37)(H,29,32,33);5,10-12H,1,6-9,18H2,2-4H3,(H,19,22);5-6,8H,1-4H3;5-6H,1-4H3,(H,11,12);1-3,8H;1H. The van der Waals surface area contributed by atoms with Crippen molar-refractivity contribution >= 4 is 147 Å². The van der Waals surface area contributed by atoms with Gasteiger partial charge < -0.3 is 69.4 Å². The monoisotopic (exact) mass is 1750 g/mol. The number of nitrogens with two attached hydrogens (primary N) is 1. The molecular formula is C73H90B2Cl6F6N22O8. The van der Waals surface area contributed by atoms with Gasteiger partial charge in [0.1, 0.15) is 11.5 Å². The molecule has 117 heavy (non-hydrogen) atoms. The summed E-state index contributed by atoms with van der Waals surface area (Å²) < 4.78 is 111. The predicted molar refractivity (Wildman–Crippen MR) is 444 cm³/mol. The minimum absolute atomic E-state index is 0.0100. The number of halogens is 12. The van der Waals surface area contributed by atoms with E-state index in [1.807, 2.05) is 67.5 Å².